The molecule has 0 bridgehead atoms. The third kappa shape index (κ3) is 2.23. The minimum absolute atomic E-state index is 0.0844. The van der Waals surface area contributed by atoms with Crippen LogP contribution >= 0.6 is 11.6 Å². The molecule has 0 unspecified atom stereocenters. The van der Waals surface area contributed by atoms with E-state index >= 15 is 0 Å². The zero-order chi connectivity index (χ0) is 11.4. The van der Waals surface area contributed by atoms with Crippen LogP contribution in [-0.4, -0.2) is 11.3 Å². The summed E-state index contributed by atoms with van der Waals surface area (Å²) in [5.41, 5.74) is 4.95. The van der Waals surface area contributed by atoms with Gasteiger partial charge in [0.1, 0.15) is 5.70 Å². The number of hydrogen-bond donors (Lipinski definition) is 2. The SMILES string of the molecule is N/C=C(/C=O)N(N)c1ccnc(Cl)c1F. The summed E-state index contributed by atoms with van der Waals surface area (Å²) < 4.78 is 13.4. The van der Waals surface area contributed by atoms with Gasteiger partial charge in [-0.3, -0.25) is 9.80 Å². The first-order chi connectivity index (χ1) is 7.11. The number of nitrogens with two attached hydrogens (primary N) is 2. The largest absolute Gasteiger partial charge is 0.403 e. The number of rotatable bonds is 3. The first-order valence-electron chi connectivity index (χ1n) is 3.83. The highest BCUT2D eigenvalue weighted by atomic mass is 35.5. The fourth-order valence-electron chi connectivity index (χ4n) is 0.910. The van der Waals surface area contributed by atoms with Crippen LogP contribution in [0.4, 0.5) is 10.1 Å². The summed E-state index contributed by atoms with van der Waals surface area (Å²) in [6.45, 7) is 0. The molecule has 5 nitrogen and oxygen atoms in total. The molecule has 0 spiro atoms. The van der Waals surface area contributed by atoms with Crippen LogP contribution < -0.4 is 16.6 Å². The molecule has 1 rings (SSSR count). The summed E-state index contributed by atoms with van der Waals surface area (Å²) in [4.78, 5) is 14.0. The number of carbonyl (C=O) groups is 1. The van der Waals surface area contributed by atoms with Crippen molar-refractivity contribution in [2.75, 3.05) is 5.01 Å². The minimum Gasteiger partial charge on any atom is -0.403 e. The number of carbonyl (C=O) groups excluding carboxylic acids is 1. The standard InChI is InChI=1S/C8H8ClFN4O/c9-8-7(10)6(1-2-13-8)14(12)5(3-11)4-15/h1-4H,11-12H2/b5-3-. The summed E-state index contributed by atoms with van der Waals surface area (Å²) in [5.74, 6) is 4.64. The predicted molar refractivity (Wildman–Crippen MR) is 54.2 cm³/mol. The van der Waals surface area contributed by atoms with Crippen molar-refractivity contribution in [1.29, 1.82) is 0 Å². The molecular formula is C8H8ClFN4O. The quantitative estimate of drug-likeness (QED) is 0.260. The normalized spacial score (nSPS) is 11.3. The summed E-state index contributed by atoms with van der Waals surface area (Å²) >= 11 is 5.44. The number of hydrogen-bond acceptors (Lipinski definition) is 5. The van der Waals surface area contributed by atoms with Crippen molar-refractivity contribution in [2.24, 2.45) is 11.6 Å². The summed E-state index contributed by atoms with van der Waals surface area (Å²) in [7, 11) is 0. The lowest BCUT2D eigenvalue weighted by Gasteiger charge is -2.18. The topological polar surface area (TPSA) is 85.2 Å². The average Bonchev–Trinajstić information content (AvgIpc) is 2.23. The Morgan fingerprint density at radius 3 is 2.87 bits per heavy atom. The van der Waals surface area contributed by atoms with Crippen molar-refractivity contribution in [3.05, 3.63) is 35.1 Å². The number of aldehydes is 1. The molecule has 4 N–H and O–H groups in total. The first kappa shape index (κ1) is 11.4. The molecule has 0 aliphatic heterocycles. The van der Waals surface area contributed by atoms with Crippen LogP contribution in [0.25, 0.3) is 0 Å². The van der Waals surface area contributed by atoms with E-state index in [1.165, 1.54) is 12.3 Å². The van der Waals surface area contributed by atoms with E-state index in [4.69, 9.17) is 23.2 Å². The highest BCUT2D eigenvalue weighted by Gasteiger charge is 2.14. The molecule has 0 atom stereocenters. The fraction of sp³-hybridized carbons (Fsp3) is 0. The molecule has 80 valence electrons. The van der Waals surface area contributed by atoms with Crippen LogP contribution in [0.3, 0.4) is 0 Å². The first-order valence-corrected chi connectivity index (χ1v) is 4.21. The fourth-order valence-corrected chi connectivity index (χ4v) is 1.06. The van der Waals surface area contributed by atoms with Gasteiger partial charge in [0.2, 0.25) is 0 Å². The zero-order valence-corrected chi connectivity index (χ0v) is 8.28. The molecule has 0 aliphatic rings. The lowest BCUT2D eigenvalue weighted by molar-refractivity contribution is -0.105. The molecule has 1 aromatic heterocycles. The molecule has 0 aliphatic carbocycles. The molecule has 1 heterocycles. The van der Waals surface area contributed by atoms with Gasteiger partial charge in [-0.25, -0.2) is 15.2 Å². The number of pyridine rings is 1. The third-order valence-corrected chi connectivity index (χ3v) is 1.92. The van der Waals surface area contributed by atoms with E-state index in [-0.39, 0.29) is 16.5 Å². The van der Waals surface area contributed by atoms with Crippen molar-refractivity contribution in [1.82, 2.24) is 4.98 Å². The molecule has 15 heavy (non-hydrogen) atoms. The Morgan fingerprint density at radius 1 is 1.67 bits per heavy atom. The number of anilines is 1. The van der Waals surface area contributed by atoms with Crippen LogP contribution in [0.5, 0.6) is 0 Å². The molecule has 0 fully saturated rings. The predicted octanol–water partition coefficient (Wildman–Crippen LogP) is 0.553. The van der Waals surface area contributed by atoms with Gasteiger partial charge in [0.15, 0.2) is 17.3 Å². The van der Waals surface area contributed by atoms with Crippen molar-refractivity contribution >= 4 is 23.6 Å². The van der Waals surface area contributed by atoms with E-state index in [0.717, 1.165) is 11.2 Å². The average molecular weight is 231 g/mol. The molecule has 0 radical (unpaired) electrons. The Bertz CT molecular complexity index is 410. The Kier molecular flexibility index (Phi) is 3.59. The van der Waals surface area contributed by atoms with Crippen LogP contribution in [0.15, 0.2) is 24.2 Å². The van der Waals surface area contributed by atoms with E-state index in [1.807, 2.05) is 0 Å². The lowest BCUT2D eigenvalue weighted by atomic mass is 10.3. The number of halogens is 2. The number of hydrazine groups is 1. The zero-order valence-electron chi connectivity index (χ0n) is 7.52. The van der Waals surface area contributed by atoms with Crippen molar-refractivity contribution < 1.29 is 9.18 Å². The number of allylic oxidation sites excluding steroid dienone is 1. The van der Waals surface area contributed by atoms with Crippen molar-refractivity contribution in [2.45, 2.75) is 0 Å². The Morgan fingerprint density at radius 2 is 2.33 bits per heavy atom. The molecule has 0 saturated carbocycles. The monoisotopic (exact) mass is 230 g/mol. The Balaban J connectivity index is 3.16. The van der Waals surface area contributed by atoms with Gasteiger partial charge < -0.3 is 5.73 Å². The van der Waals surface area contributed by atoms with Gasteiger partial charge in [-0.15, -0.1) is 0 Å². The second kappa shape index (κ2) is 4.72. The van der Waals surface area contributed by atoms with Crippen LogP contribution in [-0.2, 0) is 4.79 Å². The highest BCUT2D eigenvalue weighted by Crippen LogP contribution is 2.23. The minimum atomic E-state index is -0.817. The maximum absolute atomic E-state index is 13.4. The lowest BCUT2D eigenvalue weighted by Crippen LogP contribution is -2.32. The van der Waals surface area contributed by atoms with Gasteiger partial charge in [-0.2, -0.15) is 0 Å². The van der Waals surface area contributed by atoms with Gasteiger partial charge in [-0.1, -0.05) is 11.6 Å². The second-order valence-electron chi connectivity index (χ2n) is 2.51. The van der Waals surface area contributed by atoms with Gasteiger partial charge in [0, 0.05) is 12.4 Å². The summed E-state index contributed by atoms with van der Waals surface area (Å²) in [6, 6.07) is 1.27. The van der Waals surface area contributed by atoms with Crippen LogP contribution in [0, 0.1) is 5.82 Å². The van der Waals surface area contributed by atoms with Gasteiger partial charge in [0.25, 0.3) is 0 Å². The maximum atomic E-state index is 13.4. The molecule has 0 amide bonds. The van der Waals surface area contributed by atoms with E-state index in [2.05, 4.69) is 4.98 Å². The van der Waals surface area contributed by atoms with Gasteiger partial charge in [0.05, 0.1) is 5.69 Å². The Labute approximate surface area is 90.1 Å². The smallest absolute Gasteiger partial charge is 0.185 e. The Hall–Kier alpha value is -1.66. The number of nitrogens with zero attached hydrogens (tertiary/aromatic N) is 2. The third-order valence-electron chi connectivity index (χ3n) is 1.66. The van der Waals surface area contributed by atoms with Crippen molar-refractivity contribution in [3.63, 3.8) is 0 Å². The van der Waals surface area contributed by atoms with Gasteiger partial charge >= 0.3 is 0 Å². The van der Waals surface area contributed by atoms with Gasteiger partial charge in [-0.05, 0) is 6.07 Å². The maximum Gasteiger partial charge on any atom is 0.185 e. The second-order valence-corrected chi connectivity index (χ2v) is 2.87. The molecule has 1 aromatic rings. The molecule has 0 aromatic carbocycles. The van der Waals surface area contributed by atoms with E-state index < -0.39 is 5.82 Å². The van der Waals surface area contributed by atoms with E-state index in [0.29, 0.717) is 6.29 Å². The molecule has 7 heteroatoms. The molecular weight excluding hydrogens is 223 g/mol. The highest BCUT2D eigenvalue weighted by molar-refractivity contribution is 6.29. The van der Waals surface area contributed by atoms with E-state index in [1.54, 1.807) is 0 Å². The van der Waals surface area contributed by atoms with Crippen molar-refractivity contribution in [3.8, 4) is 0 Å². The summed E-state index contributed by atoms with van der Waals surface area (Å²) in [6.07, 6.45) is 2.62. The number of aromatic nitrogens is 1. The van der Waals surface area contributed by atoms with E-state index in [9.17, 15) is 9.18 Å². The molecule has 0 saturated heterocycles. The van der Waals surface area contributed by atoms with Crippen LogP contribution in [0.2, 0.25) is 5.15 Å². The summed E-state index contributed by atoms with van der Waals surface area (Å²) in [5, 5.41) is 0.459. The van der Waals surface area contributed by atoms with Crippen LogP contribution in [0.1, 0.15) is 0 Å².